The van der Waals surface area contributed by atoms with Gasteiger partial charge >= 0.3 is 5.97 Å². The molecule has 0 aliphatic heterocycles. The largest absolute Gasteiger partial charge is 0.465 e. The summed E-state index contributed by atoms with van der Waals surface area (Å²) in [7, 11) is 0. The normalized spacial score (nSPS) is 15.5. The number of aliphatic hydroxyl groups excluding tert-OH is 1. The van der Waals surface area contributed by atoms with Crippen molar-refractivity contribution in [3.05, 3.63) is 0 Å². The van der Waals surface area contributed by atoms with Crippen LogP contribution in [0.4, 0.5) is 0 Å². The lowest BCUT2D eigenvalue weighted by molar-refractivity contribution is -0.145. The molecule has 0 aromatic carbocycles. The quantitative estimate of drug-likeness (QED) is 0.0467. The standard InChI is InChI=1S/C59H117N3O4/c1-6-11-15-19-23-29-37-54(38-30-24-20-16-12-7-2)52-60-58(64)41-33-27-35-48-61(50-51-62(47-10-5)56-43-45-57(63)46-44-56)49-36-28-34-42-59(65)66-53-55(39-31-25-21-17-13-8-3)40-32-26-22-18-14-9-4/h54-57,63H,6-53H2,1-5H3,(H,60,64). The van der Waals surface area contributed by atoms with Crippen molar-refractivity contribution in [3.63, 3.8) is 0 Å². The first kappa shape index (κ1) is 62.8. The van der Waals surface area contributed by atoms with E-state index in [1.807, 2.05) is 0 Å². The molecular formula is C59H117N3O4. The lowest BCUT2D eigenvalue weighted by Gasteiger charge is -2.37. The van der Waals surface area contributed by atoms with Gasteiger partial charge in [0.05, 0.1) is 12.7 Å². The maximum absolute atomic E-state index is 13.1. The van der Waals surface area contributed by atoms with E-state index in [0.29, 0.717) is 37.3 Å². The Morgan fingerprint density at radius 2 is 0.894 bits per heavy atom. The Labute approximate surface area is 412 Å². The van der Waals surface area contributed by atoms with Gasteiger partial charge in [0.2, 0.25) is 5.91 Å². The molecule has 0 atom stereocenters. The topological polar surface area (TPSA) is 82.1 Å². The highest BCUT2D eigenvalue weighted by molar-refractivity contribution is 5.75. The molecule has 0 aromatic heterocycles. The van der Waals surface area contributed by atoms with Crippen molar-refractivity contribution in [2.75, 3.05) is 45.9 Å². The van der Waals surface area contributed by atoms with E-state index in [4.69, 9.17) is 4.74 Å². The fourth-order valence-corrected chi connectivity index (χ4v) is 10.5. The smallest absolute Gasteiger partial charge is 0.305 e. The second-order valence-corrected chi connectivity index (χ2v) is 21.4. The van der Waals surface area contributed by atoms with Crippen LogP contribution >= 0.6 is 0 Å². The van der Waals surface area contributed by atoms with Gasteiger partial charge in [-0.25, -0.2) is 0 Å². The number of hydrogen-bond donors (Lipinski definition) is 2. The van der Waals surface area contributed by atoms with E-state index in [0.717, 1.165) is 110 Å². The van der Waals surface area contributed by atoms with Gasteiger partial charge in [0, 0.05) is 38.5 Å². The number of aliphatic hydroxyl groups is 1. The number of carbonyl (C=O) groups is 2. The van der Waals surface area contributed by atoms with Crippen LogP contribution in [0.15, 0.2) is 0 Å². The third kappa shape index (κ3) is 38.6. The Bertz CT molecular complexity index is 941. The number of unbranched alkanes of at least 4 members (excludes halogenated alkanes) is 24. The molecule has 66 heavy (non-hydrogen) atoms. The monoisotopic (exact) mass is 932 g/mol. The summed E-state index contributed by atoms with van der Waals surface area (Å²) in [5, 5.41) is 13.6. The summed E-state index contributed by atoms with van der Waals surface area (Å²) in [6.07, 6.45) is 49.4. The van der Waals surface area contributed by atoms with E-state index in [-0.39, 0.29) is 18.0 Å². The first-order chi connectivity index (χ1) is 32.4. The molecule has 0 heterocycles. The molecule has 0 spiro atoms. The molecule has 0 bridgehead atoms. The second-order valence-electron chi connectivity index (χ2n) is 21.4. The minimum Gasteiger partial charge on any atom is -0.465 e. The lowest BCUT2D eigenvalue weighted by atomic mass is 9.92. The molecule has 0 unspecified atom stereocenters. The fraction of sp³-hybridized carbons (Fsp3) is 0.966. The van der Waals surface area contributed by atoms with Crippen LogP contribution in [-0.2, 0) is 14.3 Å². The van der Waals surface area contributed by atoms with Crippen LogP contribution in [0.3, 0.4) is 0 Å². The molecule has 7 heteroatoms. The van der Waals surface area contributed by atoms with Crippen LogP contribution in [0.5, 0.6) is 0 Å². The maximum atomic E-state index is 13.1. The molecule has 1 aliphatic rings. The lowest BCUT2D eigenvalue weighted by Crippen LogP contribution is -2.44. The van der Waals surface area contributed by atoms with Crippen molar-refractivity contribution in [1.29, 1.82) is 0 Å². The highest BCUT2D eigenvalue weighted by atomic mass is 16.5. The van der Waals surface area contributed by atoms with Crippen LogP contribution in [0.1, 0.15) is 298 Å². The van der Waals surface area contributed by atoms with Crippen molar-refractivity contribution in [2.45, 2.75) is 310 Å². The van der Waals surface area contributed by atoms with E-state index >= 15 is 0 Å². The first-order valence-corrected chi connectivity index (χ1v) is 29.9. The van der Waals surface area contributed by atoms with Crippen molar-refractivity contribution in [1.82, 2.24) is 15.1 Å². The number of ether oxygens (including phenoxy) is 1. The molecule has 0 radical (unpaired) electrons. The molecule has 1 aliphatic carbocycles. The first-order valence-electron chi connectivity index (χ1n) is 29.9. The minimum absolute atomic E-state index is 0.00530. The summed E-state index contributed by atoms with van der Waals surface area (Å²) in [6, 6.07) is 0.590. The Morgan fingerprint density at radius 1 is 0.470 bits per heavy atom. The molecule has 0 saturated heterocycles. The summed E-state index contributed by atoms with van der Waals surface area (Å²) in [6.45, 7) is 18.3. The van der Waals surface area contributed by atoms with Crippen LogP contribution < -0.4 is 5.32 Å². The van der Waals surface area contributed by atoms with E-state index in [1.54, 1.807) is 0 Å². The average Bonchev–Trinajstić information content (AvgIpc) is 3.32. The fourth-order valence-electron chi connectivity index (χ4n) is 10.5. The summed E-state index contributed by atoms with van der Waals surface area (Å²) < 4.78 is 5.96. The predicted molar refractivity (Wildman–Crippen MR) is 286 cm³/mol. The van der Waals surface area contributed by atoms with Crippen molar-refractivity contribution in [3.8, 4) is 0 Å². The number of esters is 1. The third-order valence-corrected chi connectivity index (χ3v) is 15.1. The van der Waals surface area contributed by atoms with Gasteiger partial charge in [0.1, 0.15) is 0 Å². The zero-order chi connectivity index (χ0) is 48.0. The van der Waals surface area contributed by atoms with Crippen LogP contribution in [0.25, 0.3) is 0 Å². The summed E-state index contributed by atoms with van der Waals surface area (Å²) >= 11 is 0. The van der Waals surface area contributed by atoms with Gasteiger partial charge < -0.3 is 20.1 Å². The van der Waals surface area contributed by atoms with E-state index < -0.39 is 0 Å². The third-order valence-electron chi connectivity index (χ3n) is 15.1. The van der Waals surface area contributed by atoms with E-state index in [2.05, 4.69) is 49.7 Å². The average molecular weight is 933 g/mol. The SMILES string of the molecule is CCCCCCCCC(CCCCCCCC)CNC(=O)CCCCCN(CCCCCC(=O)OCC(CCCCCCCC)CCCCCCCC)CCN(CCC)C1CCC(O)CC1. The van der Waals surface area contributed by atoms with Gasteiger partial charge in [0.25, 0.3) is 0 Å². The van der Waals surface area contributed by atoms with Gasteiger partial charge in [-0.15, -0.1) is 0 Å². The molecular weight excluding hydrogens is 815 g/mol. The molecule has 7 nitrogen and oxygen atoms in total. The van der Waals surface area contributed by atoms with Crippen molar-refractivity contribution >= 4 is 11.9 Å². The molecule has 0 aromatic rings. The van der Waals surface area contributed by atoms with E-state index in [1.165, 1.54) is 180 Å². The summed E-state index contributed by atoms with van der Waals surface area (Å²) in [5.41, 5.74) is 0. The van der Waals surface area contributed by atoms with Crippen LogP contribution in [0, 0.1) is 11.8 Å². The second kappa shape index (κ2) is 47.5. The zero-order valence-electron chi connectivity index (χ0n) is 45.3. The minimum atomic E-state index is -0.117. The predicted octanol–water partition coefficient (Wildman–Crippen LogP) is 16.3. The molecule has 1 rings (SSSR count). The highest BCUT2D eigenvalue weighted by Crippen LogP contribution is 2.24. The molecule has 1 fully saturated rings. The van der Waals surface area contributed by atoms with E-state index in [9.17, 15) is 14.7 Å². The van der Waals surface area contributed by atoms with Crippen LogP contribution in [0.2, 0.25) is 0 Å². The zero-order valence-corrected chi connectivity index (χ0v) is 45.3. The number of nitrogens with one attached hydrogen (secondary N) is 1. The number of nitrogens with zero attached hydrogens (tertiary/aromatic N) is 2. The Hall–Kier alpha value is -1.18. The summed E-state index contributed by atoms with van der Waals surface area (Å²) in [4.78, 5) is 31.4. The number of amides is 1. The molecule has 1 amide bonds. The Balaban J connectivity index is 2.60. The van der Waals surface area contributed by atoms with Gasteiger partial charge in [-0.3, -0.25) is 14.5 Å². The Morgan fingerprint density at radius 3 is 1.36 bits per heavy atom. The molecule has 392 valence electrons. The maximum Gasteiger partial charge on any atom is 0.305 e. The van der Waals surface area contributed by atoms with Crippen molar-refractivity contribution in [2.24, 2.45) is 11.8 Å². The van der Waals surface area contributed by atoms with Gasteiger partial charge in [-0.05, 0) is 115 Å². The van der Waals surface area contributed by atoms with Gasteiger partial charge in [-0.2, -0.15) is 0 Å². The molecule has 1 saturated carbocycles. The van der Waals surface area contributed by atoms with Crippen molar-refractivity contribution < 1.29 is 19.4 Å². The Kier molecular flexibility index (Phi) is 45.2. The number of rotatable bonds is 50. The summed E-state index contributed by atoms with van der Waals surface area (Å²) in [5.74, 6) is 1.40. The number of hydrogen-bond acceptors (Lipinski definition) is 6. The van der Waals surface area contributed by atoms with Crippen LogP contribution in [-0.4, -0.2) is 84.8 Å². The highest BCUT2D eigenvalue weighted by Gasteiger charge is 2.25. The molecule has 2 N–H and O–H groups in total. The van der Waals surface area contributed by atoms with Gasteiger partial charge in [0.15, 0.2) is 0 Å². The number of carbonyl (C=O) groups excluding carboxylic acids is 2. The van der Waals surface area contributed by atoms with Gasteiger partial charge in [-0.1, -0.05) is 202 Å².